The second-order valence-electron chi connectivity index (χ2n) is 4.54. The van der Waals surface area contributed by atoms with Crippen LogP contribution in [0.4, 0.5) is 5.69 Å². The van der Waals surface area contributed by atoms with Gasteiger partial charge in [-0.3, -0.25) is 0 Å². The molecule has 0 saturated heterocycles. The zero-order valence-electron chi connectivity index (χ0n) is 12.5. The molecule has 0 aliphatic heterocycles. The average Bonchev–Trinajstić information content (AvgIpc) is 2.47. The molecule has 0 heterocycles. The van der Waals surface area contributed by atoms with E-state index < -0.39 is 0 Å². The summed E-state index contributed by atoms with van der Waals surface area (Å²) in [5.41, 5.74) is 2.55. The summed E-state index contributed by atoms with van der Waals surface area (Å²) >= 11 is 0. The molecule has 0 fully saturated rings. The van der Waals surface area contributed by atoms with Crippen LogP contribution in [0.25, 0.3) is 0 Å². The topological polar surface area (TPSA) is 33.7 Å². The number of para-hydroxylation sites is 1. The fourth-order valence-corrected chi connectivity index (χ4v) is 2.05. The molecule has 108 valence electrons. The van der Waals surface area contributed by atoms with Gasteiger partial charge in [0.15, 0.2) is 0 Å². The fourth-order valence-electron chi connectivity index (χ4n) is 2.05. The summed E-state index contributed by atoms with van der Waals surface area (Å²) in [5, 5.41) is 3.30. The van der Waals surface area contributed by atoms with E-state index in [-0.39, 0.29) is 0 Å². The summed E-state index contributed by atoms with van der Waals surface area (Å²) in [5.74, 6) is 0. The largest absolute Gasteiger partial charge is 0.383 e. The monoisotopic (exact) mass is 266 g/mol. The number of nitrogens with one attached hydrogen (secondary N) is 1. The van der Waals surface area contributed by atoms with E-state index in [0.29, 0.717) is 19.3 Å². The molecule has 1 atom stereocenters. The van der Waals surface area contributed by atoms with E-state index in [9.17, 15) is 0 Å². The minimum Gasteiger partial charge on any atom is -0.383 e. The molecule has 1 aromatic carbocycles. The molecule has 0 aromatic heterocycles. The van der Waals surface area contributed by atoms with Crippen LogP contribution in [0.15, 0.2) is 24.3 Å². The van der Waals surface area contributed by atoms with Crippen molar-refractivity contribution in [3.63, 3.8) is 0 Å². The molecule has 4 heteroatoms. The standard InChI is InChI=1S/C15H26N2O2/c1-13(16-2)14-7-5-6-8-15(14)17(9-11-18-3)10-12-19-4/h5-8,13,16H,9-12H2,1-4H3. The van der Waals surface area contributed by atoms with Crippen molar-refractivity contribution in [2.24, 2.45) is 0 Å². The van der Waals surface area contributed by atoms with Crippen molar-refractivity contribution in [2.45, 2.75) is 13.0 Å². The second-order valence-corrected chi connectivity index (χ2v) is 4.54. The Morgan fingerprint density at radius 2 is 1.68 bits per heavy atom. The van der Waals surface area contributed by atoms with Crippen LogP contribution in [0.5, 0.6) is 0 Å². The summed E-state index contributed by atoms with van der Waals surface area (Å²) in [6.07, 6.45) is 0. The first kappa shape index (κ1) is 16.0. The minimum atomic E-state index is 0.323. The van der Waals surface area contributed by atoms with Crippen molar-refractivity contribution in [1.29, 1.82) is 0 Å². The Balaban J connectivity index is 2.92. The lowest BCUT2D eigenvalue weighted by molar-refractivity contribution is 0.190. The van der Waals surface area contributed by atoms with Crippen molar-refractivity contribution < 1.29 is 9.47 Å². The molecule has 4 nitrogen and oxygen atoms in total. The smallest absolute Gasteiger partial charge is 0.0637 e. The van der Waals surface area contributed by atoms with Gasteiger partial charge in [-0.15, -0.1) is 0 Å². The van der Waals surface area contributed by atoms with Crippen LogP contribution in [0, 0.1) is 0 Å². The minimum absolute atomic E-state index is 0.323. The van der Waals surface area contributed by atoms with E-state index in [1.54, 1.807) is 14.2 Å². The maximum absolute atomic E-state index is 5.20. The van der Waals surface area contributed by atoms with Gasteiger partial charge in [0, 0.05) is 39.0 Å². The Bertz CT molecular complexity index is 350. The van der Waals surface area contributed by atoms with Crippen LogP contribution in [0.1, 0.15) is 18.5 Å². The third kappa shape index (κ3) is 4.82. The molecule has 0 bridgehead atoms. The number of nitrogens with zero attached hydrogens (tertiary/aromatic N) is 1. The predicted octanol–water partition coefficient (Wildman–Crippen LogP) is 2.07. The van der Waals surface area contributed by atoms with Gasteiger partial charge in [-0.05, 0) is 25.6 Å². The summed E-state index contributed by atoms with van der Waals surface area (Å²) in [6, 6.07) is 8.81. The van der Waals surface area contributed by atoms with Gasteiger partial charge in [-0.2, -0.15) is 0 Å². The Morgan fingerprint density at radius 3 is 2.21 bits per heavy atom. The molecule has 0 spiro atoms. The van der Waals surface area contributed by atoms with E-state index in [1.807, 2.05) is 7.05 Å². The number of ether oxygens (including phenoxy) is 2. The first-order valence-corrected chi connectivity index (χ1v) is 6.73. The van der Waals surface area contributed by atoms with E-state index in [0.717, 1.165) is 13.1 Å². The lowest BCUT2D eigenvalue weighted by Crippen LogP contribution is -2.32. The molecule has 0 saturated carbocycles. The molecule has 1 N–H and O–H groups in total. The highest BCUT2D eigenvalue weighted by atomic mass is 16.5. The third-order valence-electron chi connectivity index (χ3n) is 3.31. The molecule has 1 aromatic rings. The fraction of sp³-hybridized carbons (Fsp3) is 0.600. The molecule has 1 rings (SSSR count). The van der Waals surface area contributed by atoms with Crippen molar-refractivity contribution in [3.05, 3.63) is 29.8 Å². The van der Waals surface area contributed by atoms with Crippen molar-refractivity contribution >= 4 is 5.69 Å². The van der Waals surface area contributed by atoms with Gasteiger partial charge in [0.25, 0.3) is 0 Å². The average molecular weight is 266 g/mol. The Hall–Kier alpha value is -1.10. The van der Waals surface area contributed by atoms with Crippen molar-refractivity contribution in [1.82, 2.24) is 5.32 Å². The molecule has 19 heavy (non-hydrogen) atoms. The van der Waals surface area contributed by atoms with Crippen LogP contribution in [-0.4, -0.2) is 47.6 Å². The van der Waals surface area contributed by atoms with Crippen LogP contribution >= 0.6 is 0 Å². The third-order valence-corrected chi connectivity index (χ3v) is 3.31. The molecular formula is C15H26N2O2. The number of anilines is 1. The number of methoxy groups -OCH3 is 2. The Kier molecular flexibility index (Phi) is 7.48. The molecule has 0 aliphatic rings. The number of hydrogen-bond donors (Lipinski definition) is 1. The normalized spacial score (nSPS) is 12.4. The lowest BCUT2D eigenvalue weighted by atomic mass is 10.1. The maximum Gasteiger partial charge on any atom is 0.0637 e. The number of rotatable bonds is 9. The quantitative estimate of drug-likeness (QED) is 0.742. The van der Waals surface area contributed by atoms with Gasteiger partial charge >= 0.3 is 0 Å². The van der Waals surface area contributed by atoms with E-state index in [2.05, 4.69) is 41.4 Å². The van der Waals surface area contributed by atoms with E-state index >= 15 is 0 Å². The van der Waals surface area contributed by atoms with Gasteiger partial charge in [0.05, 0.1) is 13.2 Å². The van der Waals surface area contributed by atoms with Gasteiger partial charge in [-0.25, -0.2) is 0 Å². The molecule has 0 amide bonds. The first-order chi connectivity index (χ1) is 9.24. The highest BCUT2D eigenvalue weighted by molar-refractivity contribution is 5.55. The molecular weight excluding hydrogens is 240 g/mol. The molecule has 0 aliphatic carbocycles. The highest BCUT2D eigenvalue weighted by Gasteiger charge is 2.14. The van der Waals surface area contributed by atoms with E-state index in [4.69, 9.17) is 9.47 Å². The zero-order valence-corrected chi connectivity index (χ0v) is 12.5. The highest BCUT2D eigenvalue weighted by Crippen LogP contribution is 2.25. The lowest BCUT2D eigenvalue weighted by Gasteiger charge is -2.28. The summed E-state index contributed by atoms with van der Waals surface area (Å²) < 4.78 is 10.4. The predicted molar refractivity (Wildman–Crippen MR) is 79.9 cm³/mol. The molecule has 0 radical (unpaired) electrons. The van der Waals surface area contributed by atoms with Gasteiger partial charge in [0.2, 0.25) is 0 Å². The SMILES string of the molecule is CNC(C)c1ccccc1N(CCOC)CCOC. The Labute approximate surface area is 116 Å². The first-order valence-electron chi connectivity index (χ1n) is 6.73. The van der Waals surface area contributed by atoms with Gasteiger partial charge < -0.3 is 19.7 Å². The number of benzene rings is 1. The van der Waals surface area contributed by atoms with Crippen molar-refractivity contribution in [3.8, 4) is 0 Å². The van der Waals surface area contributed by atoms with Gasteiger partial charge in [0.1, 0.15) is 0 Å². The van der Waals surface area contributed by atoms with Gasteiger partial charge in [-0.1, -0.05) is 18.2 Å². The van der Waals surface area contributed by atoms with Crippen LogP contribution in [0.3, 0.4) is 0 Å². The van der Waals surface area contributed by atoms with Crippen LogP contribution < -0.4 is 10.2 Å². The van der Waals surface area contributed by atoms with Crippen LogP contribution in [0.2, 0.25) is 0 Å². The summed E-state index contributed by atoms with van der Waals surface area (Å²) in [7, 11) is 5.45. The van der Waals surface area contributed by atoms with Crippen LogP contribution in [-0.2, 0) is 9.47 Å². The maximum atomic E-state index is 5.20. The van der Waals surface area contributed by atoms with Crippen molar-refractivity contribution in [2.75, 3.05) is 52.5 Å². The molecule has 1 unspecified atom stereocenters. The summed E-state index contributed by atoms with van der Waals surface area (Å²) in [4.78, 5) is 2.32. The zero-order chi connectivity index (χ0) is 14.1. The second kappa shape index (κ2) is 8.91. The summed E-state index contributed by atoms with van der Waals surface area (Å²) in [6.45, 7) is 5.34. The number of hydrogen-bond acceptors (Lipinski definition) is 4. The van der Waals surface area contributed by atoms with E-state index in [1.165, 1.54) is 11.3 Å². The Morgan fingerprint density at radius 1 is 1.11 bits per heavy atom.